The van der Waals surface area contributed by atoms with Gasteiger partial charge in [-0.15, -0.1) is 11.8 Å². The monoisotopic (exact) mass is 276 g/mol. The summed E-state index contributed by atoms with van der Waals surface area (Å²) in [4.78, 5) is 10.9. The van der Waals surface area contributed by atoms with Gasteiger partial charge in [-0.2, -0.15) is 0 Å². The summed E-state index contributed by atoms with van der Waals surface area (Å²) in [6, 6.07) is 10.2. The zero-order chi connectivity index (χ0) is 13.8. The summed E-state index contributed by atoms with van der Waals surface area (Å²) in [7, 11) is 0. The Hall–Kier alpha value is -1.68. The second-order valence-corrected chi connectivity index (χ2v) is 5.50. The van der Waals surface area contributed by atoms with Crippen LogP contribution in [0.3, 0.4) is 0 Å². The lowest BCUT2D eigenvalue weighted by Crippen LogP contribution is -1.94. The van der Waals surface area contributed by atoms with Gasteiger partial charge >= 0.3 is 5.97 Å². The van der Waals surface area contributed by atoms with Crippen LogP contribution in [0.4, 0.5) is 0 Å². The number of aryl methyl sites for hydroxylation is 2. The number of hydrogen-bond acceptors (Lipinski definition) is 3. The van der Waals surface area contributed by atoms with Crippen molar-refractivity contribution < 1.29 is 14.3 Å². The molecule has 3 nitrogen and oxygen atoms in total. The van der Waals surface area contributed by atoms with E-state index in [0.717, 1.165) is 5.75 Å². The number of rotatable bonds is 5. The average molecular weight is 276 g/mol. The fraction of sp³-hybridized carbons (Fsp3) is 0.267. The first-order chi connectivity index (χ1) is 9.06. The summed E-state index contributed by atoms with van der Waals surface area (Å²) in [6.45, 7) is 3.82. The van der Waals surface area contributed by atoms with Crippen LogP contribution < -0.4 is 0 Å². The van der Waals surface area contributed by atoms with Gasteiger partial charge in [0.1, 0.15) is 5.76 Å². The predicted molar refractivity (Wildman–Crippen MR) is 76.6 cm³/mol. The van der Waals surface area contributed by atoms with Crippen molar-refractivity contribution >= 4 is 17.7 Å². The number of hydrogen-bond donors (Lipinski definition) is 1. The molecule has 0 aliphatic carbocycles. The fourth-order valence-electron chi connectivity index (χ4n) is 1.90. The van der Waals surface area contributed by atoms with E-state index in [1.54, 1.807) is 24.8 Å². The normalized spacial score (nSPS) is 10.6. The van der Waals surface area contributed by atoms with Crippen molar-refractivity contribution in [2.45, 2.75) is 25.4 Å². The van der Waals surface area contributed by atoms with Crippen LogP contribution in [0.15, 0.2) is 34.7 Å². The highest BCUT2D eigenvalue weighted by Gasteiger charge is 2.13. The fourth-order valence-corrected chi connectivity index (χ4v) is 2.76. The molecule has 0 saturated heterocycles. The third-order valence-corrected chi connectivity index (χ3v) is 3.78. The van der Waals surface area contributed by atoms with Gasteiger partial charge in [0.2, 0.25) is 5.76 Å². The molecule has 0 spiro atoms. The number of aromatic carboxylic acids is 1. The van der Waals surface area contributed by atoms with E-state index in [-0.39, 0.29) is 5.76 Å². The zero-order valence-corrected chi connectivity index (χ0v) is 11.8. The van der Waals surface area contributed by atoms with Crippen molar-refractivity contribution in [2.24, 2.45) is 0 Å². The Labute approximate surface area is 116 Å². The maximum atomic E-state index is 10.9. The van der Waals surface area contributed by atoms with Crippen molar-refractivity contribution in [3.8, 4) is 0 Å². The van der Waals surface area contributed by atoms with E-state index >= 15 is 0 Å². The molecule has 4 heteroatoms. The predicted octanol–water partition coefficient (Wildman–Crippen LogP) is 4.03. The Bertz CT molecular complexity index is 587. The van der Waals surface area contributed by atoms with Crippen LogP contribution in [-0.4, -0.2) is 11.1 Å². The maximum absolute atomic E-state index is 10.9. The van der Waals surface area contributed by atoms with E-state index in [1.165, 1.54) is 11.1 Å². The van der Waals surface area contributed by atoms with Gasteiger partial charge in [-0.1, -0.05) is 29.8 Å². The number of furan rings is 1. The molecule has 2 aromatic rings. The van der Waals surface area contributed by atoms with Crippen LogP contribution in [0.5, 0.6) is 0 Å². The molecule has 19 heavy (non-hydrogen) atoms. The van der Waals surface area contributed by atoms with Crippen LogP contribution in [-0.2, 0) is 11.5 Å². The van der Waals surface area contributed by atoms with Crippen molar-refractivity contribution in [1.82, 2.24) is 0 Å². The van der Waals surface area contributed by atoms with E-state index in [0.29, 0.717) is 17.1 Å². The summed E-state index contributed by atoms with van der Waals surface area (Å²) in [5, 5.41) is 8.91. The highest BCUT2D eigenvalue weighted by molar-refractivity contribution is 7.97. The maximum Gasteiger partial charge on any atom is 0.372 e. The Balaban J connectivity index is 1.92. The van der Waals surface area contributed by atoms with E-state index in [4.69, 9.17) is 9.52 Å². The molecule has 0 radical (unpaired) electrons. The Morgan fingerprint density at radius 1 is 1.26 bits per heavy atom. The van der Waals surface area contributed by atoms with Gasteiger partial charge in [-0.25, -0.2) is 4.79 Å². The third kappa shape index (κ3) is 3.64. The molecule has 100 valence electrons. The summed E-state index contributed by atoms with van der Waals surface area (Å²) in [6.07, 6.45) is 0. The first kappa shape index (κ1) is 13.7. The summed E-state index contributed by atoms with van der Waals surface area (Å²) in [5.74, 6) is 1.33. The lowest BCUT2D eigenvalue weighted by molar-refractivity contribution is 0.0659. The Morgan fingerprint density at radius 2 is 2.05 bits per heavy atom. The van der Waals surface area contributed by atoms with Crippen molar-refractivity contribution in [3.05, 3.63) is 58.5 Å². The molecular weight excluding hydrogens is 260 g/mol. The van der Waals surface area contributed by atoms with Crippen LogP contribution in [0.25, 0.3) is 0 Å². The van der Waals surface area contributed by atoms with Crippen molar-refractivity contribution in [3.63, 3.8) is 0 Å². The molecule has 1 heterocycles. The van der Waals surface area contributed by atoms with Crippen LogP contribution in [0.2, 0.25) is 0 Å². The number of carbonyl (C=O) groups is 1. The minimum atomic E-state index is -1.01. The summed E-state index contributed by atoms with van der Waals surface area (Å²) in [5.41, 5.74) is 3.20. The molecule has 1 aromatic heterocycles. The number of carboxylic acids is 1. The van der Waals surface area contributed by atoms with E-state index in [2.05, 4.69) is 25.1 Å². The zero-order valence-electron chi connectivity index (χ0n) is 11.0. The number of thioether (sulfide) groups is 1. The number of carboxylic acid groups (broad SMARTS) is 1. The Kier molecular flexibility index (Phi) is 4.32. The van der Waals surface area contributed by atoms with Crippen LogP contribution >= 0.6 is 11.8 Å². The second-order valence-electron chi connectivity index (χ2n) is 4.51. The molecule has 0 aliphatic rings. The molecule has 0 saturated carbocycles. The molecule has 0 atom stereocenters. The molecular formula is C15H16O3S. The first-order valence-corrected chi connectivity index (χ1v) is 7.17. The summed E-state index contributed by atoms with van der Waals surface area (Å²) < 4.78 is 5.32. The van der Waals surface area contributed by atoms with Gasteiger partial charge in [0.05, 0.1) is 5.75 Å². The van der Waals surface area contributed by atoms with E-state index in [9.17, 15) is 4.79 Å². The van der Waals surface area contributed by atoms with Gasteiger partial charge in [-0.3, -0.25) is 0 Å². The molecule has 1 N–H and O–H groups in total. The quantitative estimate of drug-likeness (QED) is 0.895. The van der Waals surface area contributed by atoms with Crippen molar-refractivity contribution in [1.29, 1.82) is 0 Å². The van der Waals surface area contributed by atoms with E-state index in [1.807, 2.05) is 6.07 Å². The lowest BCUT2D eigenvalue weighted by Gasteiger charge is -2.01. The second kappa shape index (κ2) is 5.97. The van der Waals surface area contributed by atoms with Crippen LogP contribution in [0.1, 0.15) is 33.0 Å². The standard InChI is InChI=1S/C15H16O3S/c1-10-4-3-5-12(6-10)8-19-9-13-7-11(2)14(18-13)15(16)17/h3-7H,8-9H2,1-2H3,(H,16,17). The topological polar surface area (TPSA) is 50.4 Å². The lowest BCUT2D eigenvalue weighted by atomic mass is 10.2. The summed E-state index contributed by atoms with van der Waals surface area (Å²) >= 11 is 1.72. The average Bonchev–Trinajstić information content (AvgIpc) is 2.71. The van der Waals surface area contributed by atoms with E-state index < -0.39 is 5.97 Å². The van der Waals surface area contributed by atoms with Gasteiger partial charge < -0.3 is 9.52 Å². The molecule has 0 bridgehead atoms. The first-order valence-electron chi connectivity index (χ1n) is 6.02. The van der Waals surface area contributed by atoms with Gasteiger partial charge in [0.25, 0.3) is 0 Å². The highest BCUT2D eigenvalue weighted by Crippen LogP contribution is 2.22. The third-order valence-electron chi connectivity index (χ3n) is 2.76. The molecule has 0 unspecified atom stereocenters. The Morgan fingerprint density at radius 3 is 2.68 bits per heavy atom. The van der Waals surface area contributed by atoms with Crippen LogP contribution in [0, 0.1) is 13.8 Å². The minimum Gasteiger partial charge on any atom is -0.475 e. The molecule has 2 rings (SSSR count). The highest BCUT2D eigenvalue weighted by atomic mass is 32.2. The van der Waals surface area contributed by atoms with Gasteiger partial charge in [-0.05, 0) is 25.5 Å². The number of benzene rings is 1. The molecule has 0 aliphatic heterocycles. The van der Waals surface area contributed by atoms with Crippen molar-refractivity contribution in [2.75, 3.05) is 0 Å². The van der Waals surface area contributed by atoms with Gasteiger partial charge in [0, 0.05) is 11.3 Å². The minimum absolute atomic E-state index is 0.0474. The molecule has 0 amide bonds. The van der Waals surface area contributed by atoms with Gasteiger partial charge in [0.15, 0.2) is 0 Å². The SMILES string of the molecule is Cc1cccc(CSCc2cc(C)c(C(=O)O)o2)c1. The molecule has 1 aromatic carbocycles. The smallest absolute Gasteiger partial charge is 0.372 e. The molecule has 0 fully saturated rings. The largest absolute Gasteiger partial charge is 0.475 e.